The average molecular weight is 542 g/mol. The standard InChI is InChI=1S/C31H39N7O2/c1-21-9-6-11-24(28(33)23-10-7-12-26(32)25(23)20-34-5)29(21)36-22-13-14-27(35-19-22)37-15-8-16-38(18-17-37)30(39)40-31(2,3)4/h6-7,9-14,19-20,33,36H,8,15-18,32H2,1-5H3. The van der Waals surface area contributed by atoms with Gasteiger partial charge in [-0.25, -0.2) is 9.78 Å². The van der Waals surface area contributed by atoms with Crippen LogP contribution in [0.1, 0.15) is 49.4 Å². The van der Waals surface area contributed by atoms with Crippen molar-refractivity contribution in [1.29, 1.82) is 5.41 Å². The molecule has 4 N–H and O–H groups in total. The first kappa shape index (κ1) is 28.6. The summed E-state index contributed by atoms with van der Waals surface area (Å²) in [5.74, 6) is 0.859. The normalized spacial score (nSPS) is 14.2. The van der Waals surface area contributed by atoms with E-state index in [1.54, 1.807) is 24.4 Å². The van der Waals surface area contributed by atoms with Gasteiger partial charge < -0.3 is 25.6 Å². The van der Waals surface area contributed by atoms with Gasteiger partial charge in [0.15, 0.2) is 0 Å². The zero-order valence-electron chi connectivity index (χ0n) is 24.0. The summed E-state index contributed by atoms with van der Waals surface area (Å²) >= 11 is 0. The molecule has 0 unspecified atom stereocenters. The van der Waals surface area contributed by atoms with Crippen LogP contribution >= 0.6 is 0 Å². The molecule has 0 radical (unpaired) electrons. The van der Waals surface area contributed by atoms with Crippen LogP contribution < -0.4 is 16.0 Å². The van der Waals surface area contributed by atoms with Gasteiger partial charge in [0, 0.05) is 61.8 Å². The number of carbonyl (C=O) groups excluding carboxylic acids is 1. The lowest BCUT2D eigenvalue weighted by Gasteiger charge is -2.26. The van der Waals surface area contributed by atoms with Crippen molar-refractivity contribution >= 4 is 40.9 Å². The lowest BCUT2D eigenvalue weighted by atomic mass is 9.94. The fourth-order valence-corrected chi connectivity index (χ4v) is 4.71. The number of carbonyl (C=O) groups is 1. The van der Waals surface area contributed by atoms with Crippen LogP contribution in [0.15, 0.2) is 59.7 Å². The fraction of sp³-hybridized carbons (Fsp3) is 0.355. The number of aliphatic imine (C=N–C) groups is 1. The molecule has 1 aliphatic rings. The van der Waals surface area contributed by atoms with Gasteiger partial charge in [-0.15, -0.1) is 0 Å². The molecule has 1 saturated heterocycles. The molecular weight excluding hydrogens is 502 g/mol. The molecule has 0 saturated carbocycles. The van der Waals surface area contributed by atoms with Gasteiger partial charge in [0.1, 0.15) is 11.4 Å². The molecule has 1 fully saturated rings. The van der Waals surface area contributed by atoms with Crippen molar-refractivity contribution in [2.45, 2.75) is 39.7 Å². The molecule has 0 atom stereocenters. The van der Waals surface area contributed by atoms with Crippen molar-refractivity contribution in [3.63, 3.8) is 0 Å². The molecule has 0 bridgehead atoms. The Morgan fingerprint density at radius 2 is 1.82 bits per heavy atom. The highest BCUT2D eigenvalue weighted by Crippen LogP contribution is 2.29. The van der Waals surface area contributed by atoms with Gasteiger partial charge >= 0.3 is 6.09 Å². The number of nitrogens with zero attached hydrogens (tertiary/aromatic N) is 4. The van der Waals surface area contributed by atoms with Crippen molar-refractivity contribution in [1.82, 2.24) is 9.88 Å². The maximum absolute atomic E-state index is 12.5. The highest BCUT2D eigenvalue weighted by atomic mass is 16.6. The number of amides is 1. The second kappa shape index (κ2) is 12.2. The van der Waals surface area contributed by atoms with E-state index in [0.29, 0.717) is 36.6 Å². The number of nitrogens with two attached hydrogens (primary N) is 1. The summed E-state index contributed by atoms with van der Waals surface area (Å²) in [6.07, 6.45) is 4.07. The van der Waals surface area contributed by atoms with Gasteiger partial charge in [-0.3, -0.25) is 10.4 Å². The number of hydrogen-bond donors (Lipinski definition) is 3. The van der Waals surface area contributed by atoms with Gasteiger partial charge in [-0.1, -0.05) is 30.3 Å². The van der Waals surface area contributed by atoms with Crippen LogP contribution in [-0.2, 0) is 4.74 Å². The number of nitrogens with one attached hydrogen (secondary N) is 2. The Kier molecular flexibility index (Phi) is 8.72. The largest absolute Gasteiger partial charge is 0.444 e. The minimum Gasteiger partial charge on any atom is -0.444 e. The smallest absolute Gasteiger partial charge is 0.410 e. The molecule has 3 aromatic rings. The number of benzene rings is 2. The van der Waals surface area contributed by atoms with Gasteiger partial charge in [-0.2, -0.15) is 0 Å². The monoisotopic (exact) mass is 541 g/mol. The van der Waals surface area contributed by atoms with Crippen molar-refractivity contribution in [3.8, 4) is 0 Å². The molecule has 0 spiro atoms. The van der Waals surface area contributed by atoms with E-state index < -0.39 is 5.60 Å². The van der Waals surface area contributed by atoms with E-state index in [1.807, 2.05) is 76.2 Å². The van der Waals surface area contributed by atoms with E-state index in [0.717, 1.165) is 46.8 Å². The summed E-state index contributed by atoms with van der Waals surface area (Å²) in [7, 11) is 1.69. The molecule has 1 aliphatic heterocycles. The number of aromatic nitrogens is 1. The molecule has 0 aliphatic carbocycles. The minimum atomic E-state index is -0.510. The lowest BCUT2D eigenvalue weighted by Crippen LogP contribution is -2.39. The maximum atomic E-state index is 12.5. The summed E-state index contributed by atoms with van der Waals surface area (Å²) in [5.41, 5.74) is 11.5. The summed E-state index contributed by atoms with van der Waals surface area (Å²) in [5, 5.41) is 12.5. The highest BCUT2D eigenvalue weighted by Gasteiger charge is 2.25. The quantitative estimate of drug-likeness (QED) is 0.275. The number of pyridine rings is 1. The van der Waals surface area contributed by atoms with E-state index >= 15 is 0 Å². The Labute approximate surface area is 236 Å². The van der Waals surface area contributed by atoms with E-state index in [-0.39, 0.29) is 6.09 Å². The number of para-hydroxylation sites is 1. The Bertz CT molecular complexity index is 1390. The van der Waals surface area contributed by atoms with Crippen LogP contribution in [0.4, 0.5) is 27.7 Å². The topological polar surface area (TPSA) is 120 Å². The predicted molar refractivity (Wildman–Crippen MR) is 164 cm³/mol. The molecule has 1 aromatic heterocycles. The Morgan fingerprint density at radius 1 is 1.07 bits per heavy atom. The van der Waals surface area contributed by atoms with Gasteiger partial charge in [-0.05, 0) is 57.9 Å². The van der Waals surface area contributed by atoms with E-state index in [1.165, 1.54) is 0 Å². The van der Waals surface area contributed by atoms with E-state index in [9.17, 15) is 4.79 Å². The lowest BCUT2D eigenvalue weighted by molar-refractivity contribution is 0.0263. The van der Waals surface area contributed by atoms with E-state index in [2.05, 4.69) is 15.2 Å². The minimum absolute atomic E-state index is 0.270. The summed E-state index contributed by atoms with van der Waals surface area (Å²) in [4.78, 5) is 25.3. The first-order valence-corrected chi connectivity index (χ1v) is 13.5. The molecule has 9 nitrogen and oxygen atoms in total. The van der Waals surface area contributed by atoms with Crippen molar-refractivity contribution in [2.24, 2.45) is 4.99 Å². The van der Waals surface area contributed by atoms with E-state index in [4.69, 9.17) is 20.9 Å². The molecule has 210 valence electrons. The molecule has 9 heteroatoms. The van der Waals surface area contributed by atoms with Crippen LogP contribution in [0.5, 0.6) is 0 Å². The number of rotatable bonds is 6. The van der Waals surface area contributed by atoms with Crippen molar-refractivity contribution < 1.29 is 9.53 Å². The average Bonchev–Trinajstić information content (AvgIpc) is 3.17. The number of ether oxygens (including phenoxy) is 1. The second-order valence-electron chi connectivity index (χ2n) is 10.9. The maximum Gasteiger partial charge on any atom is 0.410 e. The molecular formula is C31H39N7O2. The van der Waals surface area contributed by atoms with Gasteiger partial charge in [0.05, 0.1) is 23.3 Å². The first-order valence-electron chi connectivity index (χ1n) is 13.5. The third-order valence-corrected chi connectivity index (χ3v) is 6.70. The van der Waals surface area contributed by atoms with Gasteiger partial charge in [0.25, 0.3) is 0 Å². The van der Waals surface area contributed by atoms with Gasteiger partial charge in [0.2, 0.25) is 0 Å². The predicted octanol–water partition coefficient (Wildman–Crippen LogP) is 5.63. The first-order chi connectivity index (χ1) is 19.1. The van der Waals surface area contributed by atoms with Crippen molar-refractivity contribution in [3.05, 3.63) is 77.0 Å². The van der Waals surface area contributed by atoms with Crippen LogP contribution in [-0.4, -0.2) is 66.7 Å². The summed E-state index contributed by atoms with van der Waals surface area (Å²) < 4.78 is 5.55. The molecule has 4 rings (SSSR count). The third kappa shape index (κ3) is 6.77. The molecule has 2 heterocycles. The zero-order valence-corrected chi connectivity index (χ0v) is 24.0. The third-order valence-electron chi connectivity index (χ3n) is 6.70. The van der Waals surface area contributed by atoms with Crippen molar-refractivity contribution in [2.75, 3.05) is 49.2 Å². The fourth-order valence-electron chi connectivity index (χ4n) is 4.71. The number of anilines is 4. The Hall–Kier alpha value is -4.40. The Balaban J connectivity index is 1.51. The zero-order chi connectivity index (χ0) is 28.9. The summed E-state index contributed by atoms with van der Waals surface area (Å²) in [6, 6.07) is 15.4. The molecule has 2 aromatic carbocycles. The summed E-state index contributed by atoms with van der Waals surface area (Å²) in [6.45, 7) is 10.4. The Morgan fingerprint density at radius 3 is 2.52 bits per heavy atom. The SMILES string of the molecule is CN=Cc1c(N)cccc1C(=N)c1cccc(C)c1Nc1ccc(N2CCCN(C(=O)OC(C)(C)C)CC2)nc1. The number of nitrogen functional groups attached to an aromatic ring is 1. The van der Waals surface area contributed by atoms with Crippen LogP contribution in [0.2, 0.25) is 0 Å². The molecule has 1 amide bonds. The number of aryl methyl sites for hydroxylation is 1. The highest BCUT2D eigenvalue weighted by molar-refractivity contribution is 6.18. The van der Waals surface area contributed by atoms with Crippen LogP contribution in [0.25, 0.3) is 0 Å². The second-order valence-corrected chi connectivity index (χ2v) is 10.9. The van der Waals surface area contributed by atoms with Crippen LogP contribution in [0.3, 0.4) is 0 Å². The number of hydrogen-bond acceptors (Lipinski definition) is 8. The molecule has 40 heavy (non-hydrogen) atoms. The van der Waals surface area contributed by atoms with Crippen LogP contribution in [0, 0.1) is 12.3 Å².